The fourth-order valence-electron chi connectivity index (χ4n) is 1.90. The van der Waals surface area contributed by atoms with E-state index >= 15 is 0 Å². The first-order valence-corrected chi connectivity index (χ1v) is 7.62. The minimum atomic E-state index is -0.150. The second-order valence-corrected chi connectivity index (χ2v) is 5.79. The Hall–Kier alpha value is -2.09. The minimum absolute atomic E-state index is 0.0317. The molecule has 4 heteroatoms. The molecule has 0 aliphatic heterocycles. The monoisotopic (exact) mass is 298 g/mol. The molecule has 1 heterocycles. The Morgan fingerprint density at radius 1 is 1.29 bits per heavy atom. The molecular weight excluding hydrogens is 280 g/mol. The molecule has 3 N–H and O–H groups in total. The summed E-state index contributed by atoms with van der Waals surface area (Å²) in [4.78, 5) is 14.2. The van der Waals surface area contributed by atoms with Gasteiger partial charge in [0.2, 0.25) is 5.91 Å². The van der Waals surface area contributed by atoms with E-state index in [0.717, 1.165) is 15.3 Å². The maximum absolute atomic E-state index is 12.1. The number of nitrogens with one attached hydrogen (secondary N) is 1. The summed E-state index contributed by atoms with van der Waals surface area (Å²) >= 11 is 1.58. The van der Waals surface area contributed by atoms with Crippen LogP contribution in [0, 0.1) is 11.8 Å². The van der Waals surface area contributed by atoms with Gasteiger partial charge in [0.1, 0.15) is 0 Å². The molecule has 0 spiro atoms. The zero-order chi connectivity index (χ0) is 15.1. The van der Waals surface area contributed by atoms with Gasteiger partial charge in [-0.3, -0.25) is 4.79 Å². The maximum Gasteiger partial charge on any atom is 0.227 e. The number of amides is 1. The zero-order valence-electron chi connectivity index (χ0n) is 11.9. The van der Waals surface area contributed by atoms with Crippen LogP contribution in [0.15, 0.2) is 42.5 Å². The molecule has 1 atom stereocenters. The molecule has 0 aliphatic rings. The molecular formula is C17H18N2OS. The Balaban J connectivity index is 1.90. The van der Waals surface area contributed by atoms with E-state index in [1.807, 2.05) is 49.4 Å². The molecule has 1 aromatic carbocycles. The normalized spacial score (nSPS) is 11.3. The third-order valence-corrected chi connectivity index (χ3v) is 4.11. The van der Waals surface area contributed by atoms with Crippen molar-refractivity contribution in [2.75, 3.05) is 6.54 Å². The largest absolute Gasteiger partial charge is 0.351 e. The number of hydrogen-bond acceptors (Lipinski definition) is 3. The summed E-state index contributed by atoms with van der Waals surface area (Å²) in [7, 11) is 0. The van der Waals surface area contributed by atoms with Crippen LogP contribution in [-0.4, -0.2) is 12.5 Å². The van der Waals surface area contributed by atoms with Crippen molar-refractivity contribution in [1.82, 2.24) is 5.32 Å². The van der Waals surface area contributed by atoms with Crippen molar-refractivity contribution in [3.63, 3.8) is 0 Å². The highest BCUT2D eigenvalue weighted by atomic mass is 32.1. The van der Waals surface area contributed by atoms with Crippen LogP contribution in [0.5, 0.6) is 0 Å². The van der Waals surface area contributed by atoms with Crippen LogP contribution in [0.4, 0.5) is 0 Å². The molecule has 2 rings (SSSR count). The SMILES string of the molecule is CC(C(=O)NCc1ccc(C#CCN)s1)c1ccccc1. The van der Waals surface area contributed by atoms with Crippen LogP contribution in [0.25, 0.3) is 0 Å². The van der Waals surface area contributed by atoms with Gasteiger partial charge in [-0.05, 0) is 24.6 Å². The number of carbonyl (C=O) groups is 1. The third-order valence-electron chi connectivity index (χ3n) is 3.11. The van der Waals surface area contributed by atoms with Crippen LogP contribution in [0.1, 0.15) is 28.2 Å². The summed E-state index contributed by atoms with van der Waals surface area (Å²) in [5.74, 6) is 5.70. The summed E-state index contributed by atoms with van der Waals surface area (Å²) in [5.41, 5.74) is 6.37. The Kier molecular flexibility index (Phi) is 5.56. The Morgan fingerprint density at radius 2 is 2.05 bits per heavy atom. The van der Waals surface area contributed by atoms with Crippen molar-refractivity contribution in [2.45, 2.75) is 19.4 Å². The number of benzene rings is 1. The summed E-state index contributed by atoms with van der Waals surface area (Å²) in [6.07, 6.45) is 0. The zero-order valence-corrected chi connectivity index (χ0v) is 12.7. The number of hydrogen-bond donors (Lipinski definition) is 2. The molecule has 0 fully saturated rings. The van der Waals surface area contributed by atoms with E-state index in [9.17, 15) is 4.79 Å². The minimum Gasteiger partial charge on any atom is -0.351 e. The van der Waals surface area contributed by atoms with Crippen LogP contribution in [0.2, 0.25) is 0 Å². The van der Waals surface area contributed by atoms with Gasteiger partial charge >= 0.3 is 0 Å². The van der Waals surface area contributed by atoms with Crippen molar-refractivity contribution < 1.29 is 4.79 Å². The Morgan fingerprint density at radius 3 is 2.76 bits per heavy atom. The molecule has 0 aliphatic carbocycles. The number of thiophene rings is 1. The quantitative estimate of drug-likeness (QED) is 0.852. The van der Waals surface area contributed by atoms with E-state index in [1.54, 1.807) is 11.3 Å². The lowest BCUT2D eigenvalue weighted by molar-refractivity contribution is -0.122. The topological polar surface area (TPSA) is 55.1 Å². The molecule has 0 bridgehead atoms. The van der Waals surface area contributed by atoms with Gasteiger partial charge in [-0.25, -0.2) is 0 Å². The average Bonchev–Trinajstić information content (AvgIpc) is 2.98. The highest BCUT2D eigenvalue weighted by molar-refractivity contribution is 7.12. The van der Waals surface area contributed by atoms with Crippen LogP contribution in [-0.2, 0) is 11.3 Å². The van der Waals surface area contributed by atoms with Crippen LogP contribution >= 0.6 is 11.3 Å². The molecule has 1 amide bonds. The lowest BCUT2D eigenvalue weighted by Gasteiger charge is -2.11. The van der Waals surface area contributed by atoms with Crippen molar-refractivity contribution >= 4 is 17.2 Å². The third kappa shape index (κ3) is 4.45. The smallest absolute Gasteiger partial charge is 0.227 e. The van der Waals surface area contributed by atoms with E-state index in [-0.39, 0.29) is 11.8 Å². The molecule has 21 heavy (non-hydrogen) atoms. The number of carbonyl (C=O) groups excluding carboxylic acids is 1. The van der Waals surface area contributed by atoms with Gasteiger partial charge in [-0.1, -0.05) is 42.2 Å². The first-order chi connectivity index (χ1) is 10.2. The van der Waals surface area contributed by atoms with E-state index in [1.165, 1.54) is 0 Å². The van der Waals surface area contributed by atoms with Gasteiger partial charge in [0, 0.05) is 4.88 Å². The Bertz CT molecular complexity index is 652. The van der Waals surface area contributed by atoms with E-state index in [2.05, 4.69) is 17.2 Å². The highest BCUT2D eigenvalue weighted by Crippen LogP contribution is 2.17. The van der Waals surface area contributed by atoms with Crippen molar-refractivity contribution in [1.29, 1.82) is 0 Å². The predicted octanol–water partition coefficient (Wildman–Crippen LogP) is 2.48. The molecule has 3 nitrogen and oxygen atoms in total. The van der Waals surface area contributed by atoms with Gasteiger partial charge in [0.05, 0.1) is 23.9 Å². The maximum atomic E-state index is 12.1. The van der Waals surface area contributed by atoms with E-state index in [0.29, 0.717) is 13.1 Å². The molecule has 0 saturated heterocycles. The number of nitrogens with two attached hydrogens (primary N) is 1. The van der Waals surface area contributed by atoms with Gasteiger partial charge in [0.25, 0.3) is 0 Å². The standard InChI is InChI=1S/C17H18N2OS/c1-13(14-6-3-2-4-7-14)17(20)19-12-16-10-9-15(21-16)8-5-11-18/h2-4,6-7,9-10,13H,11-12,18H2,1H3,(H,19,20). The van der Waals surface area contributed by atoms with Gasteiger partial charge in [0.15, 0.2) is 0 Å². The van der Waals surface area contributed by atoms with Crippen molar-refractivity contribution in [3.8, 4) is 11.8 Å². The number of rotatable bonds is 4. The molecule has 108 valence electrons. The van der Waals surface area contributed by atoms with Crippen LogP contribution in [0.3, 0.4) is 0 Å². The second kappa shape index (κ2) is 7.63. The fraction of sp³-hybridized carbons (Fsp3) is 0.235. The lowest BCUT2D eigenvalue weighted by atomic mass is 10.0. The predicted molar refractivity (Wildman–Crippen MR) is 87.0 cm³/mol. The summed E-state index contributed by atoms with van der Waals surface area (Å²) in [5, 5.41) is 2.97. The molecule has 1 unspecified atom stereocenters. The van der Waals surface area contributed by atoms with Gasteiger partial charge < -0.3 is 11.1 Å². The van der Waals surface area contributed by atoms with Gasteiger partial charge in [-0.15, -0.1) is 11.3 Å². The van der Waals surface area contributed by atoms with Crippen molar-refractivity contribution in [3.05, 3.63) is 57.8 Å². The van der Waals surface area contributed by atoms with E-state index in [4.69, 9.17) is 5.73 Å². The average molecular weight is 298 g/mol. The molecule has 0 radical (unpaired) electrons. The first-order valence-electron chi connectivity index (χ1n) is 6.81. The summed E-state index contributed by atoms with van der Waals surface area (Å²) < 4.78 is 0. The molecule has 2 aromatic rings. The van der Waals surface area contributed by atoms with Gasteiger partial charge in [-0.2, -0.15) is 0 Å². The first kappa shape index (κ1) is 15.3. The Labute approximate surface area is 129 Å². The summed E-state index contributed by atoms with van der Waals surface area (Å²) in [6.45, 7) is 2.81. The fourth-order valence-corrected chi connectivity index (χ4v) is 2.72. The van der Waals surface area contributed by atoms with E-state index < -0.39 is 0 Å². The van der Waals surface area contributed by atoms with Crippen LogP contribution < -0.4 is 11.1 Å². The molecule has 1 aromatic heterocycles. The summed E-state index contributed by atoms with van der Waals surface area (Å²) in [6, 6.07) is 13.7. The molecule has 0 saturated carbocycles. The highest BCUT2D eigenvalue weighted by Gasteiger charge is 2.14. The van der Waals surface area contributed by atoms with Crippen molar-refractivity contribution in [2.24, 2.45) is 5.73 Å². The lowest BCUT2D eigenvalue weighted by Crippen LogP contribution is -2.27. The second-order valence-electron chi connectivity index (χ2n) is 4.62.